The largest absolute Gasteiger partial charge is 0.493 e. The quantitative estimate of drug-likeness (QED) is 0.890. The summed E-state index contributed by atoms with van der Waals surface area (Å²) in [5.41, 5.74) is 1.25. The van der Waals surface area contributed by atoms with E-state index < -0.39 is 0 Å². The van der Waals surface area contributed by atoms with Crippen molar-refractivity contribution in [3.8, 4) is 17.2 Å². The highest BCUT2D eigenvalue weighted by atomic mass is 16.5. The predicted octanol–water partition coefficient (Wildman–Crippen LogP) is 1.67. The minimum Gasteiger partial charge on any atom is -0.493 e. The molecule has 0 saturated carbocycles. The summed E-state index contributed by atoms with van der Waals surface area (Å²) in [6.07, 6.45) is 5.41. The molecular formula is C16H26NO3+. The molecule has 0 bridgehead atoms. The molecule has 0 unspecified atom stereocenters. The van der Waals surface area contributed by atoms with Crippen molar-refractivity contribution >= 4 is 0 Å². The lowest BCUT2D eigenvalue weighted by Gasteiger charge is -2.19. The minimum atomic E-state index is 0.671. The van der Waals surface area contributed by atoms with Crippen LogP contribution in [-0.2, 0) is 6.54 Å². The van der Waals surface area contributed by atoms with Gasteiger partial charge < -0.3 is 19.1 Å². The van der Waals surface area contributed by atoms with E-state index in [2.05, 4.69) is 12.1 Å². The van der Waals surface area contributed by atoms with E-state index in [1.165, 1.54) is 44.3 Å². The van der Waals surface area contributed by atoms with Gasteiger partial charge in [-0.1, -0.05) is 0 Å². The maximum Gasteiger partial charge on any atom is 0.203 e. The third kappa shape index (κ3) is 3.57. The van der Waals surface area contributed by atoms with Gasteiger partial charge in [0.1, 0.15) is 6.54 Å². The molecule has 112 valence electrons. The Balaban J connectivity index is 2.18. The van der Waals surface area contributed by atoms with Gasteiger partial charge in [0, 0.05) is 5.56 Å². The number of rotatable bonds is 5. The molecule has 1 fully saturated rings. The Labute approximate surface area is 121 Å². The first-order chi connectivity index (χ1) is 9.78. The number of nitrogens with one attached hydrogen (secondary N) is 1. The smallest absolute Gasteiger partial charge is 0.203 e. The summed E-state index contributed by atoms with van der Waals surface area (Å²) in [6, 6.07) is 4.14. The summed E-state index contributed by atoms with van der Waals surface area (Å²) < 4.78 is 16.2. The highest BCUT2D eigenvalue weighted by Gasteiger charge is 2.17. The highest BCUT2D eigenvalue weighted by Crippen LogP contribution is 2.37. The van der Waals surface area contributed by atoms with Crippen molar-refractivity contribution in [2.24, 2.45) is 0 Å². The van der Waals surface area contributed by atoms with Gasteiger partial charge >= 0.3 is 0 Å². The SMILES string of the molecule is COc1cc(C[NH+]2CCCCCC2)cc(OC)c1OC. The topological polar surface area (TPSA) is 32.1 Å². The van der Waals surface area contributed by atoms with Gasteiger partial charge in [0.2, 0.25) is 5.75 Å². The Morgan fingerprint density at radius 3 is 1.85 bits per heavy atom. The summed E-state index contributed by atoms with van der Waals surface area (Å²) in [6.45, 7) is 3.55. The molecule has 2 rings (SSSR count). The zero-order chi connectivity index (χ0) is 14.4. The average molecular weight is 280 g/mol. The normalized spacial score (nSPS) is 16.6. The average Bonchev–Trinajstić information content (AvgIpc) is 2.74. The van der Waals surface area contributed by atoms with Crippen molar-refractivity contribution in [2.45, 2.75) is 32.2 Å². The van der Waals surface area contributed by atoms with Crippen molar-refractivity contribution in [2.75, 3.05) is 34.4 Å². The van der Waals surface area contributed by atoms with E-state index in [9.17, 15) is 0 Å². The lowest BCUT2D eigenvalue weighted by atomic mass is 10.1. The van der Waals surface area contributed by atoms with Crippen LogP contribution in [0.4, 0.5) is 0 Å². The van der Waals surface area contributed by atoms with Gasteiger partial charge in [-0.2, -0.15) is 0 Å². The fourth-order valence-electron chi connectivity index (χ4n) is 2.93. The van der Waals surface area contributed by atoms with Crippen LogP contribution in [0, 0.1) is 0 Å². The van der Waals surface area contributed by atoms with Crippen molar-refractivity contribution in [1.29, 1.82) is 0 Å². The maximum absolute atomic E-state index is 5.42. The second kappa shape index (κ2) is 7.39. The predicted molar refractivity (Wildman–Crippen MR) is 79.0 cm³/mol. The molecule has 1 aliphatic heterocycles. The van der Waals surface area contributed by atoms with Crippen molar-refractivity contribution in [1.82, 2.24) is 0 Å². The standard InChI is InChI=1S/C16H25NO3/c1-18-14-10-13(11-15(19-2)16(14)20-3)12-17-8-6-4-5-7-9-17/h10-11H,4-9,12H2,1-3H3/p+1. The zero-order valence-electron chi connectivity index (χ0n) is 12.8. The summed E-state index contributed by atoms with van der Waals surface area (Å²) >= 11 is 0. The van der Waals surface area contributed by atoms with E-state index in [1.807, 2.05) is 0 Å². The Kier molecular flexibility index (Phi) is 5.53. The van der Waals surface area contributed by atoms with Crippen molar-refractivity contribution in [3.05, 3.63) is 17.7 Å². The van der Waals surface area contributed by atoms with Crippen LogP contribution in [0.5, 0.6) is 17.2 Å². The molecule has 0 aromatic heterocycles. The molecule has 1 N–H and O–H groups in total. The number of quaternary nitrogens is 1. The van der Waals surface area contributed by atoms with Gasteiger partial charge in [0.15, 0.2) is 11.5 Å². The van der Waals surface area contributed by atoms with E-state index in [0.29, 0.717) is 5.75 Å². The maximum atomic E-state index is 5.42. The molecule has 1 heterocycles. The first-order valence-electron chi connectivity index (χ1n) is 7.41. The number of methoxy groups -OCH3 is 3. The second-order valence-electron chi connectivity index (χ2n) is 5.37. The summed E-state index contributed by atoms with van der Waals surface area (Å²) in [5, 5.41) is 0. The Bertz CT molecular complexity index is 401. The summed E-state index contributed by atoms with van der Waals surface area (Å²) in [7, 11) is 4.97. The van der Waals surface area contributed by atoms with Gasteiger partial charge in [0.05, 0.1) is 34.4 Å². The van der Waals surface area contributed by atoms with Crippen LogP contribution in [0.15, 0.2) is 12.1 Å². The number of hydrogen-bond acceptors (Lipinski definition) is 3. The van der Waals surface area contributed by atoms with Crippen LogP contribution >= 0.6 is 0 Å². The molecule has 0 spiro atoms. The van der Waals surface area contributed by atoms with Crippen LogP contribution in [-0.4, -0.2) is 34.4 Å². The van der Waals surface area contributed by atoms with E-state index in [0.717, 1.165) is 18.0 Å². The van der Waals surface area contributed by atoms with Crippen LogP contribution in [0.2, 0.25) is 0 Å². The molecule has 1 saturated heterocycles. The number of hydrogen-bond donors (Lipinski definition) is 1. The van der Waals surface area contributed by atoms with Crippen LogP contribution < -0.4 is 19.1 Å². The molecule has 1 aromatic carbocycles. The van der Waals surface area contributed by atoms with Crippen LogP contribution in [0.25, 0.3) is 0 Å². The first kappa shape index (κ1) is 15.0. The third-order valence-electron chi connectivity index (χ3n) is 3.99. The number of benzene rings is 1. The Morgan fingerprint density at radius 2 is 1.40 bits per heavy atom. The fourth-order valence-corrected chi connectivity index (χ4v) is 2.93. The molecule has 0 aliphatic carbocycles. The highest BCUT2D eigenvalue weighted by molar-refractivity contribution is 5.53. The van der Waals surface area contributed by atoms with E-state index in [-0.39, 0.29) is 0 Å². The van der Waals surface area contributed by atoms with Gasteiger partial charge in [-0.15, -0.1) is 0 Å². The lowest BCUT2D eigenvalue weighted by Crippen LogP contribution is -3.10. The number of likely N-dealkylation sites (tertiary alicyclic amines) is 1. The molecule has 4 nitrogen and oxygen atoms in total. The molecule has 1 aromatic rings. The molecule has 20 heavy (non-hydrogen) atoms. The fraction of sp³-hybridized carbons (Fsp3) is 0.625. The summed E-state index contributed by atoms with van der Waals surface area (Å²) in [4.78, 5) is 1.65. The van der Waals surface area contributed by atoms with E-state index >= 15 is 0 Å². The monoisotopic (exact) mass is 280 g/mol. The molecule has 1 aliphatic rings. The molecular weight excluding hydrogens is 254 g/mol. The summed E-state index contributed by atoms with van der Waals surface area (Å²) in [5.74, 6) is 2.16. The number of ether oxygens (including phenoxy) is 3. The van der Waals surface area contributed by atoms with Crippen LogP contribution in [0.3, 0.4) is 0 Å². The molecule has 0 atom stereocenters. The van der Waals surface area contributed by atoms with Crippen molar-refractivity contribution < 1.29 is 19.1 Å². The first-order valence-corrected chi connectivity index (χ1v) is 7.41. The van der Waals surface area contributed by atoms with Gasteiger partial charge in [0.25, 0.3) is 0 Å². The Hall–Kier alpha value is -1.42. The zero-order valence-corrected chi connectivity index (χ0v) is 12.8. The van der Waals surface area contributed by atoms with Crippen LogP contribution in [0.1, 0.15) is 31.2 Å². The lowest BCUT2D eigenvalue weighted by molar-refractivity contribution is -0.913. The third-order valence-corrected chi connectivity index (χ3v) is 3.99. The molecule has 0 radical (unpaired) electrons. The van der Waals surface area contributed by atoms with Gasteiger partial charge in [-0.05, 0) is 37.8 Å². The Morgan fingerprint density at radius 1 is 0.850 bits per heavy atom. The molecule has 4 heteroatoms. The minimum absolute atomic E-state index is 0.671. The van der Waals surface area contributed by atoms with Gasteiger partial charge in [-0.3, -0.25) is 0 Å². The molecule has 0 amide bonds. The van der Waals surface area contributed by atoms with E-state index in [1.54, 1.807) is 26.2 Å². The second-order valence-corrected chi connectivity index (χ2v) is 5.37. The van der Waals surface area contributed by atoms with E-state index in [4.69, 9.17) is 14.2 Å². The van der Waals surface area contributed by atoms with Crippen molar-refractivity contribution in [3.63, 3.8) is 0 Å². The van der Waals surface area contributed by atoms with Gasteiger partial charge in [-0.25, -0.2) is 0 Å².